The SMILES string of the molecule is CC(C)c1ccc(C(O)CN2C(=O)CN(C)C2=O)cc1. The molecule has 1 unspecified atom stereocenters. The molecule has 5 nitrogen and oxygen atoms in total. The number of carbonyl (C=O) groups is 2. The average Bonchev–Trinajstić information content (AvgIpc) is 2.65. The van der Waals surface area contributed by atoms with E-state index in [9.17, 15) is 14.7 Å². The van der Waals surface area contributed by atoms with E-state index >= 15 is 0 Å². The molecule has 0 radical (unpaired) electrons. The first-order chi connectivity index (χ1) is 9.40. The summed E-state index contributed by atoms with van der Waals surface area (Å²) in [6.07, 6.45) is -0.851. The molecule has 3 amide bonds. The quantitative estimate of drug-likeness (QED) is 0.852. The van der Waals surface area contributed by atoms with E-state index in [1.54, 1.807) is 7.05 Å². The molecule has 0 spiro atoms. The normalized spacial score (nSPS) is 17.2. The molecule has 5 heteroatoms. The molecular formula is C15H20N2O3. The number of aliphatic hydroxyl groups excluding tert-OH is 1. The number of urea groups is 1. The predicted molar refractivity (Wildman–Crippen MR) is 75.2 cm³/mol. The minimum atomic E-state index is -0.851. The first kappa shape index (κ1) is 14.5. The Labute approximate surface area is 118 Å². The zero-order valence-electron chi connectivity index (χ0n) is 12.0. The number of rotatable bonds is 4. The number of benzene rings is 1. The molecule has 0 aliphatic carbocycles. The van der Waals surface area contributed by atoms with Gasteiger partial charge in [-0.1, -0.05) is 38.1 Å². The Morgan fingerprint density at radius 2 is 1.70 bits per heavy atom. The van der Waals surface area contributed by atoms with Crippen molar-refractivity contribution in [3.63, 3.8) is 0 Å². The highest BCUT2D eigenvalue weighted by molar-refractivity contribution is 6.01. The average molecular weight is 276 g/mol. The lowest BCUT2D eigenvalue weighted by Crippen LogP contribution is -2.35. The van der Waals surface area contributed by atoms with Crippen LogP contribution < -0.4 is 0 Å². The molecule has 1 saturated heterocycles. The summed E-state index contributed by atoms with van der Waals surface area (Å²) in [6.45, 7) is 4.28. The summed E-state index contributed by atoms with van der Waals surface area (Å²) in [4.78, 5) is 25.8. The second-order valence-electron chi connectivity index (χ2n) is 5.48. The van der Waals surface area contributed by atoms with Crippen LogP contribution in [0.1, 0.15) is 37.0 Å². The fourth-order valence-corrected chi connectivity index (χ4v) is 2.23. The predicted octanol–water partition coefficient (Wildman–Crippen LogP) is 1.74. The van der Waals surface area contributed by atoms with Gasteiger partial charge in [-0.2, -0.15) is 0 Å². The van der Waals surface area contributed by atoms with E-state index in [0.29, 0.717) is 11.5 Å². The zero-order valence-corrected chi connectivity index (χ0v) is 12.0. The van der Waals surface area contributed by atoms with Crippen LogP contribution in [0.5, 0.6) is 0 Å². The van der Waals surface area contributed by atoms with Gasteiger partial charge in [-0.15, -0.1) is 0 Å². The van der Waals surface area contributed by atoms with Crippen LogP contribution in [0, 0.1) is 0 Å². The molecule has 108 valence electrons. The van der Waals surface area contributed by atoms with E-state index in [4.69, 9.17) is 0 Å². The first-order valence-corrected chi connectivity index (χ1v) is 6.73. The number of imide groups is 1. The van der Waals surface area contributed by atoms with Crippen molar-refractivity contribution in [3.05, 3.63) is 35.4 Å². The monoisotopic (exact) mass is 276 g/mol. The van der Waals surface area contributed by atoms with Crippen molar-refractivity contribution in [2.24, 2.45) is 0 Å². The Bertz CT molecular complexity index is 510. The van der Waals surface area contributed by atoms with Gasteiger partial charge in [0.25, 0.3) is 0 Å². The van der Waals surface area contributed by atoms with Gasteiger partial charge in [-0.25, -0.2) is 4.79 Å². The number of amides is 3. The van der Waals surface area contributed by atoms with E-state index in [1.807, 2.05) is 24.3 Å². The van der Waals surface area contributed by atoms with Crippen LogP contribution >= 0.6 is 0 Å². The van der Waals surface area contributed by atoms with Crippen molar-refractivity contribution in [2.45, 2.75) is 25.9 Å². The molecule has 0 saturated carbocycles. The lowest BCUT2D eigenvalue weighted by Gasteiger charge is -2.19. The zero-order chi connectivity index (χ0) is 14.9. The first-order valence-electron chi connectivity index (χ1n) is 6.73. The number of likely N-dealkylation sites (N-methyl/N-ethyl adjacent to an activating group) is 1. The summed E-state index contributed by atoms with van der Waals surface area (Å²) < 4.78 is 0. The molecule has 1 N–H and O–H groups in total. The molecule has 20 heavy (non-hydrogen) atoms. The molecule has 1 aliphatic rings. The van der Waals surface area contributed by atoms with Gasteiger partial charge in [-0.3, -0.25) is 9.69 Å². The van der Waals surface area contributed by atoms with E-state index in [1.165, 1.54) is 10.5 Å². The van der Waals surface area contributed by atoms with Crippen molar-refractivity contribution in [2.75, 3.05) is 20.1 Å². The maximum absolute atomic E-state index is 11.7. The smallest absolute Gasteiger partial charge is 0.327 e. The highest BCUT2D eigenvalue weighted by Gasteiger charge is 2.34. The van der Waals surface area contributed by atoms with Gasteiger partial charge in [0.05, 0.1) is 12.6 Å². The van der Waals surface area contributed by atoms with Gasteiger partial charge in [-0.05, 0) is 17.0 Å². The molecule has 1 aromatic rings. The van der Waals surface area contributed by atoms with Crippen molar-refractivity contribution in [1.82, 2.24) is 9.80 Å². The van der Waals surface area contributed by atoms with E-state index in [2.05, 4.69) is 13.8 Å². The van der Waals surface area contributed by atoms with Crippen molar-refractivity contribution >= 4 is 11.9 Å². The molecule has 1 aromatic carbocycles. The second-order valence-corrected chi connectivity index (χ2v) is 5.48. The van der Waals surface area contributed by atoms with Gasteiger partial charge in [0.15, 0.2) is 0 Å². The lowest BCUT2D eigenvalue weighted by atomic mass is 10.00. The number of carbonyl (C=O) groups excluding carboxylic acids is 2. The number of nitrogens with zero attached hydrogens (tertiary/aromatic N) is 2. The molecule has 0 aromatic heterocycles. The Balaban J connectivity index is 2.06. The number of hydrogen-bond acceptors (Lipinski definition) is 3. The summed E-state index contributed by atoms with van der Waals surface area (Å²) in [5.41, 5.74) is 1.90. The number of hydrogen-bond donors (Lipinski definition) is 1. The lowest BCUT2D eigenvalue weighted by molar-refractivity contribution is -0.126. The summed E-state index contributed by atoms with van der Waals surface area (Å²) in [6, 6.07) is 7.25. The van der Waals surface area contributed by atoms with Crippen LogP contribution in [-0.2, 0) is 4.79 Å². The van der Waals surface area contributed by atoms with Gasteiger partial charge >= 0.3 is 6.03 Å². The third-order valence-corrected chi connectivity index (χ3v) is 3.57. The molecule has 1 heterocycles. The van der Waals surface area contributed by atoms with Crippen molar-refractivity contribution in [3.8, 4) is 0 Å². The topological polar surface area (TPSA) is 60.9 Å². The minimum Gasteiger partial charge on any atom is -0.387 e. The van der Waals surface area contributed by atoms with E-state index < -0.39 is 6.10 Å². The number of β-amino-alcohol motifs (C(OH)–C–C–N with tert-alkyl or cyclic N) is 1. The summed E-state index contributed by atoms with van der Waals surface area (Å²) >= 11 is 0. The largest absolute Gasteiger partial charge is 0.387 e. The highest BCUT2D eigenvalue weighted by atomic mass is 16.3. The fraction of sp³-hybridized carbons (Fsp3) is 0.467. The van der Waals surface area contributed by atoms with E-state index in [-0.39, 0.29) is 25.0 Å². The van der Waals surface area contributed by atoms with Crippen LogP contribution in [0.25, 0.3) is 0 Å². The second kappa shape index (κ2) is 5.63. The Morgan fingerprint density at radius 3 is 2.15 bits per heavy atom. The number of aliphatic hydroxyl groups is 1. The third kappa shape index (κ3) is 2.82. The van der Waals surface area contributed by atoms with Gasteiger partial charge < -0.3 is 10.0 Å². The molecule has 1 fully saturated rings. The molecule has 0 bridgehead atoms. The van der Waals surface area contributed by atoms with Crippen LogP contribution in [0.3, 0.4) is 0 Å². The van der Waals surface area contributed by atoms with Gasteiger partial charge in [0, 0.05) is 7.05 Å². The maximum atomic E-state index is 11.7. The standard InChI is InChI=1S/C15H20N2O3/c1-10(2)11-4-6-12(7-5-11)13(18)8-17-14(19)9-16(3)15(17)20/h4-7,10,13,18H,8-9H2,1-3H3. The van der Waals surface area contributed by atoms with Crippen LogP contribution in [0.4, 0.5) is 4.79 Å². The molecular weight excluding hydrogens is 256 g/mol. The van der Waals surface area contributed by atoms with Crippen molar-refractivity contribution in [1.29, 1.82) is 0 Å². The Kier molecular flexibility index (Phi) is 4.09. The van der Waals surface area contributed by atoms with Gasteiger partial charge in [0.1, 0.15) is 6.54 Å². The molecule has 2 rings (SSSR count). The fourth-order valence-electron chi connectivity index (χ4n) is 2.23. The Morgan fingerprint density at radius 1 is 1.15 bits per heavy atom. The summed E-state index contributed by atoms with van der Waals surface area (Å²) in [7, 11) is 1.57. The highest BCUT2D eigenvalue weighted by Crippen LogP contribution is 2.21. The summed E-state index contributed by atoms with van der Waals surface area (Å²) in [5.74, 6) is 0.159. The van der Waals surface area contributed by atoms with Gasteiger partial charge in [0.2, 0.25) is 5.91 Å². The van der Waals surface area contributed by atoms with E-state index in [0.717, 1.165) is 4.90 Å². The van der Waals surface area contributed by atoms with Crippen LogP contribution in [0.2, 0.25) is 0 Å². The maximum Gasteiger partial charge on any atom is 0.327 e. The summed E-state index contributed by atoms with van der Waals surface area (Å²) in [5, 5.41) is 10.2. The van der Waals surface area contributed by atoms with Crippen LogP contribution in [0.15, 0.2) is 24.3 Å². The minimum absolute atomic E-state index is 0.00301. The third-order valence-electron chi connectivity index (χ3n) is 3.57. The van der Waals surface area contributed by atoms with Crippen molar-refractivity contribution < 1.29 is 14.7 Å². The Hall–Kier alpha value is -1.88. The molecule has 1 atom stereocenters. The van der Waals surface area contributed by atoms with Crippen LogP contribution in [-0.4, -0.2) is 47.0 Å². The molecule has 1 aliphatic heterocycles.